The highest BCUT2D eigenvalue weighted by Crippen LogP contribution is 2.40. The maximum absolute atomic E-state index is 9.77. The van der Waals surface area contributed by atoms with Gasteiger partial charge in [0.05, 0.1) is 11.5 Å². The molecule has 0 saturated carbocycles. The van der Waals surface area contributed by atoms with E-state index >= 15 is 0 Å². The van der Waals surface area contributed by atoms with Gasteiger partial charge in [0.1, 0.15) is 0 Å². The summed E-state index contributed by atoms with van der Waals surface area (Å²) >= 11 is 12.5. The van der Waals surface area contributed by atoms with Gasteiger partial charge in [-0.15, -0.1) is 0 Å². The van der Waals surface area contributed by atoms with Crippen LogP contribution in [0, 0.1) is 16.7 Å². The molecule has 0 radical (unpaired) electrons. The van der Waals surface area contributed by atoms with Crippen molar-refractivity contribution in [3.8, 4) is 6.07 Å². The summed E-state index contributed by atoms with van der Waals surface area (Å²) in [6.45, 7) is 0. The zero-order chi connectivity index (χ0) is 14.9. The number of fused-ring (bicyclic) bond motifs is 1. The number of nitriles is 1. The Kier molecular flexibility index (Phi) is 3.93. The van der Waals surface area contributed by atoms with Crippen LogP contribution in [0.15, 0.2) is 42.5 Å². The lowest BCUT2D eigenvalue weighted by atomic mass is 9.69. The molecule has 1 atom stereocenters. The van der Waals surface area contributed by atoms with Crippen LogP contribution >= 0.6 is 23.2 Å². The molecule has 0 fully saturated rings. The second kappa shape index (κ2) is 5.72. The second-order valence-electron chi connectivity index (χ2n) is 5.71. The van der Waals surface area contributed by atoms with Crippen LogP contribution in [0.2, 0.25) is 10.0 Å². The van der Waals surface area contributed by atoms with E-state index in [1.54, 1.807) is 0 Å². The lowest BCUT2D eigenvalue weighted by Gasteiger charge is -2.33. The van der Waals surface area contributed by atoms with E-state index in [2.05, 4.69) is 24.3 Å². The molecule has 0 amide bonds. The van der Waals surface area contributed by atoms with Gasteiger partial charge in [-0.05, 0) is 54.5 Å². The summed E-state index contributed by atoms with van der Waals surface area (Å²) < 4.78 is 0. The Hall–Kier alpha value is -1.49. The molecule has 3 rings (SSSR count). The third kappa shape index (κ3) is 2.79. The highest BCUT2D eigenvalue weighted by molar-refractivity contribution is 6.36. The van der Waals surface area contributed by atoms with Crippen molar-refractivity contribution in [3.63, 3.8) is 0 Å². The van der Waals surface area contributed by atoms with Gasteiger partial charge in [-0.3, -0.25) is 0 Å². The summed E-state index contributed by atoms with van der Waals surface area (Å²) in [4.78, 5) is 0. The largest absolute Gasteiger partial charge is 0.198 e. The van der Waals surface area contributed by atoms with Gasteiger partial charge in [-0.2, -0.15) is 5.26 Å². The van der Waals surface area contributed by atoms with Crippen molar-refractivity contribution in [2.24, 2.45) is 5.41 Å². The molecule has 3 heteroatoms. The van der Waals surface area contributed by atoms with E-state index in [-0.39, 0.29) is 0 Å². The number of hydrogen-bond donors (Lipinski definition) is 0. The van der Waals surface area contributed by atoms with E-state index in [1.165, 1.54) is 11.1 Å². The predicted molar refractivity (Wildman–Crippen MR) is 86.7 cm³/mol. The molecule has 1 nitrogen and oxygen atoms in total. The SMILES string of the molecule is N#CC1(Cc2c(Cl)cccc2Cl)CCc2ccccc2C1. The summed E-state index contributed by atoms with van der Waals surface area (Å²) in [5.74, 6) is 0. The third-order valence-electron chi connectivity index (χ3n) is 4.33. The lowest BCUT2D eigenvalue weighted by Crippen LogP contribution is -2.30. The Morgan fingerprint density at radius 3 is 2.33 bits per heavy atom. The fourth-order valence-electron chi connectivity index (χ4n) is 3.13. The first-order valence-corrected chi connectivity index (χ1v) is 7.80. The first-order valence-electron chi connectivity index (χ1n) is 7.04. The summed E-state index contributed by atoms with van der Waals surface area (Å²) in [5, 5.41) is 11.1. The normalized spacial score (nSPS) is 20.6. The molecule has 1 aliphatic rings. The Balaban J connectivity index is 1.95. The molecule has 0 aromatic heterocycles. The first kappa shape index (κ1) is 14.4. The fraction of sp³-hybridized carbons (Fsp3) is 0.278. The van der Waals surface area contributed by atoms with Gasteiger partial charge < -0.3 is 0 Å². The number of halogens is 2. The van der Waals surface area contributed by atoms with E-state index in [1.807, 2.05) is 24.3 Å². The smallest absolute Gasteiger partial charge is 0.0696 e. The van der Waals surface area contributed by atoms with Crippen LogP contribution in [-0.2, 0) is 19.3 Å². The monoisotopic (exact) mass is 315 g/mol. The Morgan fingerprint density at radius 2 is 1.67 bits per heavy atom. The van der Waals surface area contributed by atoms with E-state index in [0.717, 1.165) is 24.8 Å². The molecule has 2 aromatic rings. The molecule has 0 spiro atoms. The molecule has 0 aliphatic heterocycles. The van der Waals surface area contributed by atoms with Crippen molar-refractivity contribution in [3.05, 3.63) is 69.2 Å². The molecule has 1 unspecified atom stereocenters. The number of rotatable bonds is 2. The highest BCUT2D eigenvalue weighted by Gasteiger charge is 2.35. The van der Waals surface area contributed by atoms with Gasteiger partial charge in [0.2, 0.25) is 0 Å². The molecule has 0 heterocycles. The number of benzene rings is 2. The number of hydrogen-bond acceptors (Lipinski definition) is 1. The molecule has 21 heavy (non-hydrogen) atoms. The van der Waals surface area contributed by atoms with E-state index in [0.29, 0.717) is 16.5 Å². The average Bonchev–Trinajstić information content (AvgIpc) is 2.51. The Bertz CT molecular complexity index is 697. The molecule has 0 saturated heterocycles. The van der Waals surface area contributed by atoms with Crippen molar-refractivity contribution in [2.75, 3.05) is 0 Å². The van der Waals surface area contributed by atoms with Gasteiger partial charge in [-0.1, -0.05) is 53.5 Å². The first-order chi connectivity index (χ1) is 10.1. The van der Waals surface area contributed by atoms with Gasteiger partial charge >= 0.3 is 0 Å². The van der Waals surface area contributed by atoms with Crippen LogP contribution in [-0.4, -0.2) is 0 Å². The standard InChI is InChI=1S/C18H15Cl2N/c19-16-6-3-7-17(20)15(16)11-18(12-21)9-8-13-4-1-2-5-14(13)10-18/h1-7H,8-11H2. The number of nitrogens with zero attached hydrogens (tertiary/aromatic N) is 1. The fourth-order valence-corrected chi connectivity index (χ4v) is 3.66. The summed E-state index contributed by atoms with van der Waals surface area (Å²) in [5.41, 5.74) is 3.10. The minimum absolute atomic E-state index is 0.414. The van der Waals surface area contributed by atoms with Crippen LogP contribution < -0.4 is 0 Å². The molecule has 1 aliphatic carbocycles. The molecule has 0 N–H and O–H groups in total. The summed E-state index contributed by atoms with van der Waals surface area (Å²) in [6.07, 6.45) is 3.16. The van der Waals surface area contributed by atoms with Crippen LogP contribution in [0.1, 0.15) is 23.1 Å². The van der Waals surface area contributed by atoms with Gasteiger partial charge in [0.25, 0.3) is 0 Å². The molecule has 106 valence electrons. The Morgan fingerprint density at radius 1 is 1.00 bits per heavy atom. The molecule has 2 aromatic carbocycles. The zero-order valence-corrected chi connectivity index (χ0v) is 13.1. The van der Waals surface area contributed by atoms with Gasteiger partial charge in [-0.25, -0.2) is 0 Å². The topological polar surface area (TPSA) is 23.8 Å². The maximum atomic E-state index is 9.77. The zero-order valence-electron chi connectivity index (χ0n) is 11.6. The van der Waals surface area contributed by atoms with Crippen LogP contribution in [0.5, 0.6) is 0 Å². The molecular formula is C18H15Cl2N. The quantitative estimate of drug-likeness (QED) is 0.744. The third-order valence-corrected chi connectivity index (χ3v) is 5.04. The van der Waals surface area contributed by atoms with Crippen molar-refractivity contribution in [1.29, 1.82) is 5.26 Å². The van der Waals surface area contributed by atoms with Crippen LogP contribution in [0.25, 0.3) is 0 Å². The average molecular weight is 316 g/mol. The highest BCUT2D eigenvalue weighted by atomic mass is 35.5. The van der Waals surface area contributed by atoms with E-state index < -0.39 is 5.41 Å². The maximum Gasteiger partial charge on any atom is 0.0696 e. The lowest BCUT2D eigenvalue weighted by molar-refractivity contribution is 0.340. The summed E-state index contributed by atoms with van der Waals surface area (Å²) in [6, 6.07) is 16.4. The number of aryl methyl sites for hydroxylation is 1. The minimum atomic E-state index is -0.414. The van der Waals surface area contributed by atoms with Crippen LogP contribution in [0.4, 0.5) is 0 Å². The molecular weight excluding hydrogens is 301 g/mol. The Labute approximate surface area is 135 Å². The summed E-state index contributed by atoms with van der Waals surface area (Å²) in [7, 11) is 0. The predicted octanol–water partition coefficient (Wildman–Crippen LogP) is 5.23. The van der Waals surface area contributed by atoms with Gasteiger partial charge in [0, 0.05) is 10.0 Å². The van der Waals surface area contributed by atoms with Crippen molar-refractivity contribution in [1.82, 2.24) is 0 Å². The minimum Gasteiger partial charge on any atom is -0.198 e. The molecule has 0 bridgehead atoms. The van der Waals surface area contributed by atoms with Crippen molar-refractivity contribution < 1.29 is 0 Å². The van der Waals surface area contributed by atoms with E-state index in [9.17, 15) is 5.26 Å². The van der Waals surface area contributed by atoms with Gasteiger partial charge in [0.15, 0.2) is 0 Å². The second-order valence-corrected chi connectivity index (χ2v) is 6.53. The van der Waals surface area contributed by atoms with E-state index in [4.69, 9.17) is 23.2 Å². The van der Waals surface area contributed by atoms with Crippen molar-refractivity contribution in [2.45, 2.75) is 25.7 Å². The van der Waals surface area contributed by atoms with Crippen molar-refractivity contribution >= 4 is 23.2 Å². The van der Waals surface area contributed by atoms with Crippen LogP contribution in [0.3, 0.4) is 0 Å².